The summed E-state index contributed by atoms with van der Waals surface area (Å²) < 4.78 is 0. The zero-order valence-corrected chi connectivity index (χ0v) is 8.98. The van der Waals surface area contributed by atoms with Crippen LogP contribution < -0.4 is 11.1 Å². The molecule has 1 aromatic rings. The zero-order valence-electron chi connectivity index (χ0n) is 8.98. The molecule has 1 aliphatic rings. The van der Waals surface area contributed by atoms with Gasteiger partial charge in [0.15, 0.2) is 6.19 Å². The largest absolute Gasteiger partial charge is 0.369 e. The number of fused-ring (bicyclic) bond motifs is 1. The summed E-state index contributed by atoms with van der Waals surface area (Å²) in [4.78, 5) is 4.33. The maximum Gasteiger partial charge on any atom is 0.202 e. The fraction of sp³-hybridized carbons (Fsp3) is 0.333. The summed E-state index contributed by atoms with van der Waals surface area (Å²) in [5, 5.41) is 10.8. The van der Waals surface area contributed by atoms with Crippen LogP contribution in [0.4, 0.5) is 0 Å². The third-order valence-corrected chi connectivity index (χ3v) is 2.82. The molecule has 82 valence electrons. The van der Waals surface area contributed by atoms with Crippen LogP contribution in [-0.2, 0) is 6.42 Å². The summed E-state index contributed by atoms with van der Waals surface area (Å²) in [6.45, 7) is 0. The van der Waals surface area contributed by atoms with Gasteiger partial charge in [0.05, 0.1) is 6.04 Å². The minimum absolute atomic E-state index is 0.0887. The maximum absolute atomic E-state index is 8.44. The molecule has 1 atom stereocenters. The zero-order chi connectivity index (χ0) is 11.4. The van der Waals surface area contributed by atoms with Crippen LogP contribution in [0, 0.1) is 11.5 Å². The Balaban J connectivity index is 2.26. The summed E-state index contributed by atoms with van der Waals surface area (Å²) in [6.07, 6.45) is 4.99. The third-order valence-electron chi connectivity index (χ3n) is 2.82. The first-order valence-electron chi connectivity index (χ1n) is 5.37. The molecule has 3 N–H and O–H groups in total. The van der Waals surface area contributed by atoms with Gasteiger partial charge in [0, 0.05) is 0 Å². The first kappa shape index (κ1) is 10.5. The van der Waals surface area contributed by atoms with Gasteiger partial charge in [-0.3, -0.25) is 5.32 Å². The van der Waals surface area contributed by atoms with Crippen molar-refractivity contribution in [2.24, 2.45) is 10.7 Å². The van der Waals surface area contributed by atoms with E-state index in [1.165, 1.54) is 11.1 Å². The van der Waals surface area contributed by atoms with Gasteiger partial charge in [0.2, 0.25) is 5.96 Å². The summed E-state index contributed by atoms with van der Waals surface area (Å²) >= 11 is 0. The van der Waals surface area contributed by atoms with Gasteiger partial charge in [-0.25, -0.2) is 4.99 Å². The molecule has 1 aliphatic carbocycles. The van der Waals surface area contributed by atoms with Crippen LogP contribution in [0.5, 0.6) is 0 Å². The predicted molar refractivity (Wildman–Crippen MR) is 62.5 cm³/mol. The van der Waals surface area contributed by atoms with Crippen molar-refractivity contribution in [2.45, 2.75) is 25.3 Å². The Morgan fingerprint density at radius 1 is 1.50 bits per heavy atom. The van der Waals surface area contributed by atoms with E-state index < -0.39 is 0 Å². The Morgan fingerprint density at radius 3 is 3.12 bits per heavy atom. The highest BCUT2D eigenvalue weighted by molar-refractivity contribution is 5.79. The van der Waals surface area contributed by atoms with Crippen molar-refractivity contribution in [2.75, 3.05) is 0 Å². The van der Waals surface area contributed by atoms with Gasteiger partial charge in [0.25, 0.3) is 0 Å². The quantitative estimate of drug-likeness (QED) is 0.321. The van der Waals surface area contributed by atoms with Crippen LogP contribution in [0.2, 0.25) is 0 Å². The lowest BCUT2D eigenvalue weighted by Crippen LogP contribution is -2.28. The SMILES string of the molecule is N#CNC(N)=NC1CCCc2ccccc21. The second-order valence-corrected chi connectivity index (χ2v) is 3.86. The lowest BCUT2D eigenvalue weighted by molar-refractivity contribution is 0.571. The highest BCUT2D eigenvalue weighted by Crippen LogP contribution is 2.32. The fourth-order valence-corrected chi connectivity index (χ4v) is 2.12. The molecule has 16 heavy (non-hydrogen) atoms. The molecular weight excluding hydrogens is 200 g/mol. The number of benzene rings is 1. The number of aliphatic imine (C=N–C) groups is 1. The first-order chi connectivity index (χ1) is 7.81. The van der Waals surface area contributed by atoms with Crippen LogP contribution in [0.3, 0.4) is 0 Å². The average Bonchev–Trinajstić information content (AvgIpc) is 2.30. The summed E-state index contributed by atoms with van der Waals surface area (Å²) in [5.74, 6) is 0.198. The van der Waals surface area contributed by atoms with Crippen LogP contribution in [0.25, 0.3) is 0 Å². The van der Waals surface area contributed by atoms with E-state index in [0.717, 1.165) is 19.3 Å². The van der Waals surface area contributed by atoms with Gasteiger partial charge in [-0.05, 0) is 30.4 Å². The van der Waals surface area contributed by atoms with Crippen molar-refractivity contribution >= 4 is 5.96 Å². The molecule has 0 bridgehead atoms. The van der Waals surface area contributed by atoms with Gasteiger partial charge >= 0.3 is 0 Å². The smallest absolute Gasteiger partial charge is 0.202 e. The van der Waals surface area contributed by atoms with Crippen molar-refractivity contribution in [1.29, 1.82) is 5.26 Å². The van der Waals surface area contributed by atoms with Gasteiger partial charge in [-0.15, -0.1) is 0 Å². The molecule has 0 spiro atoms. The molecule has 0 saturated carbocycles. The summed E-state index contributed by atoms with van der Waals surface area (Å²) in [6, 6.07) is 8.36. The van der Waals surface area contributed by atoms with Crippen molar-refractivity contribution in [1.82, 2.24) is 5.32 Å². The van der Waals surface area contributed by atoms with E-state index in [9.17, 15) is 0 Å². The molecule has 0 fully saturated rings. The molecule has 1 aromatic carbocycles. The molecule has 4 heteroatoms. The Bertz CT molecular complexity index is 445. The van der Waals surface area contributed by atoms with E-state index in [-0.39, 0.29) is 12.0 Å². The van der Waals surface area contributed by atoms with E-state index in [0.29, 0.717) is 0 Å². The number of aryl methyl sites for hydroxylation is 1. The number of hydrogen-bond acceptors (Lipinski definition) is 2. The monoisotopic (exact) mass is 214 g/mol. The number of rotatable bonds is 1. The molecule has 0 saturated heterocycles. The number of guanidine groups is 1. The lowest BCUT2D eigenvalue weighted by Gasteiger charge is -2.22. The van der Waals surface area contributed by atoms with Gasteiger partial charge in [-0.1, -0.05) is 24.3 Å². The molecule has 0 radical (unpaired) electrons. The number of nitrogens with zero attached hydrogens (tertiary/aromatic N) is 2. The Labute approximate surface area is 94.8 Å². The summed E-state index contributed by atoms with van der Waals surface area (Å²) in [7, 11) is 0. The molecule has 0 amide bonds. The third kappa shape index (κ3) is 2.14. The van der Waals surface area contributed by atoms with E-state index in [1.54, 1.807) is 6.19 Å². The molecule has 4 nitrogen and oxygen atoms in total. The van der Waals surface area contributed by atoms with E-state index in [1.807, 2.05) is 12.1 Å². The van der Waals surface area contributed by atoms with Gasteiger partial charge in [-0.2, -0.15) is 5.26 Å². The van der Waals surface area contributed by atoms with Crippen molar-refractivity contribution in [3.05, 3.63) is 35.4 Å². The lowest BCUT2D eigenvalue weighted by atomic mass is 9.88. The number of hydrogen-bond donors (Lipinski definition) is 2. The van der Waals surface area contributed by atoms with Crippen LogP contribution >= 0.6 is 0 Å². The number of nitriles is 1. The molecule has 0 aromatic heterocycles. The molecule has 2 rings (SSSR count). The minimum atomic E-state index is 0.0887. The predicted octanol–water partition coefficient (Wildman–Crippen LogP) is 1.45. The first-order valence-corrected chi connectivity index (χ1v) is 5.37. The molecular formula is C12H14N4. The Morgan fingerprint density at radius 2 is 2.31 bits per heavy atom. The number of nitrogens with one attached hydrogen (secondary N) is 1. The number of nitrogens with two attached hydrogens (primary N) is 1. The van der Waals surface area contributed by atoms with Crippen LogP contribution in [-0.4, -0.2) is 5.96 Å². The van der Waals surface area contributed by atoms with Crippen LogP contribution in [0.1, 0.15) is 30.0 Å². The van der Waals surface area contributed by atoms with Crippen LogP contribution in [0.15, 0.2) is 29.3 Å². The fourth-order valence-electron chi connectivity index (χ4n) is 2.12. The van der Waals surface area contributed by atoms with Crippen molar-refractivity contribution in [3.8, 4) is 6.19 Å². The van der Waals surface area contributed by atoms with E-state index in [4.69, 9.17) is 11.0 Å². The van der Waals surface area contributed by atoms with Gasteiger partial charge in [0.1, 0.15) is 0 Å². The minimum Gasteiger partial charge on any atom is -0.369 e. The molecule has 0 heterocycles. The van der Waals surface area contributed by atoms with E-state index in [2.05, 4.69) is 22.4 Å². The second-order valence-electron chi connectivity index (χ2n) is 3.86. The summed E-state index contributed by atoms with van der Waals surface area (Å²) in [5.41, 5.74) is 8.16. The second kappa shape index (κ2) is 4.67. The Kier molecular flexibility index (Phi) is 3.06. The topological polar surface area (TPSA) is 74.2 Å². The standard InChI is InChI=1S/C12H14N4/c13-8-15-12(14)16-11-7-3-5-9-4-1-2-6-10(9)11/h1-2,4,6,11H,3,5,7H2,(H3,14,15,16). The molecule has 1 unspecified atom stereocenters. The average molecular weight is 214 g/mol. The normalized spacial score (nSPS) is 19.7. The van der Waals surface area contributed by atoms with Gasteiger partial charge < -0.3 is 5.73 Å². The van der Waals surface area contributed by atoms with E-state index >= 15 is 0 Å². The van der Waals surface area contributed by atoms with Crippen molar-refractivity contribution in [3.63, 3.8) is 0 Å². The van der Waals surface area contributed by atoms with Crippen molar-refractivity contribution < 1.29 is 0 Å². The highest BCUT2D eigenvalue weighted by Gasteiger charge is 2.18. The maximum atomic E-state index is 8.44. The highest BCUT2D eigenvalue weighted by atomic mass is 15.1. The Hall–Kier alpha value is -2.02. The molecule has 0 aliphatic heterocycles.